The highest BCUT2D eigenvalue weighted by Crippen LogP contribution is 2.48. The van der Waals surface area contributed by atoms with Gasteiger partial charge in [-0.2, -0.15) is 0 Å². The summed E-state index contributed by atoms with van der Waals surface area (Å²) in [5.41, 5.74) is -0.981. The molecule has 3 atom stereocenters. The van der Waals surface area contributed by atoms with E-state index in [4.69, 9.17) is 4.74 Å². The fourth-order valence-electron chi connectivity index (χ4n) is 4.54. The van der Waals surface area contributed by atoms with Crippen LogP contribution in [0.4, 0.5) is 4.39 Å². The van der Waals surface area contributed by atoms with Crippen LogP contribution in [0.1, 0.15) is 58.3 Å². The first-order valence-electron chi connectivity index (χ1n) is 8.16. The molecule has 0 amide bonds. The number of hydrogen-bond donors (Lipinski definition) is 1. The standard InChI is InChI=1S/C16H28FNO/c1-15(17,14-5-4-9-18-12-14)13-6-10-19-16(11-13)7-2-3-8-16/h13-14,18H,2-12H2,1H3. The van der Waals surface area contributed by atoms with Crippen molar-refractivity contribution in [1.29, 1.82) is 0 Å². The summed E-state index contributed by atoms with van der Waals surface area (Å²) in [6, 6.07) is 0. The van der Waals surface area contributed by atoms with Gasteiger partial charge in [0.1, 0.15) is 5.67 Å². The second-order valence-corrected chi connectivity index (χ2v) is 7.12. The van der Waals surface area contributed by atoms with Gasteiger partial charge in [-0.15, -0.1) is 0 Å². The molecule has 3 rings (SSSR count). The minimum absolute atomic E-state index is 0.0400. The van der Waals surface area contributed by atoms with E-state index >= 15 is 4.39 Å². The molecule has 3 heteroatoms. The van der Waals surface area contributed by atoms with Gasteiger partial charge >= 0.3 is 0 Å². The van der Waals surface area contributed by atoms with Gasteiger partial charge in [0.2, 0.25) is 0 Å². The third kappa shape index (κ3) is 2.69. The molecule has 0 aromatic heterocycles. The molecule has 0 bridgehead atoms. The predicted octanol–water partition coefficient (Wildman–Crippen LogP) is 3.45. The van der Waals surface area contributed by atoms with Crippen LogP contribution in [0.15, 0.2) is 0 Å². The summed E-state index contributed by atoms with van der Waals surface area (Å²) in [6.45, 7) is 4.55. The van der Waals surface area contributed by atoms with Gasteiger partial charge in [-0.3, -0.25) is 0 Å². The Hall–Kier alpha value is -0.150. The van der Waals surface area contributed by atoms with Crippen LogP contribution in [0, 0.1) is 11.8 Å². The van der Waals surface area contributed by atoms with Crippen LogP contribution in [-0.4, -0.2) is 31.0 Å². The summed E-state index contributed by atoms with van der Waals surface area (Å²) < 4.78 is 21.5. The number of piperidine rings is 1. The highest BCUT2D eigenvalue weighted by atomic mass is 19.1. The van der Waals surface area contributed by atoms with Crippen molar-refractivity contribution < 1.29 is 9.13 Å². The fraction of sp³-hybridized carbons (Fsp3) is 1.00. The Morgan fingerprint density at radius 1 is 1.16 bits per heavy atom. The monoisotopic (exact) mass is 269 g/mol. The first kappa shape index (κ1) is 13.8. The molecule has 1 N–H and O–H groups in total. The molecule has 3 fully saturated rings. The number of alkyl halides is 1. The van der Waals surface area contributed by atoms with E-state index in [1.54, 1.807) is 0 Å². The van der Waals surface area contributed by atoms with Gasteiger partial charge in [-0.1, -0.05) is 12.8 Å². The molecular formula is C16H28FNO. The second kappa shape index (κ2) is 5.33. The van der Waals surface area contributed by atoms with Crippen molar-refractivity contribution >= 4 is 0 Å². The van der Waals surface area contributed by atoms with E-state index in [2.05, 4.69) is 5.32 Å². The molecule has 2 nitrogen and oxygen atoms in total. The van der Waals surface area contributed by atoms with Crippen molar-refractivity contribution in [1.82, 2.24) is 5.32 Å². The maximum absolute atomic E-state index is 15.4. The van der Waals surface area contributed by atoms with E-state index in [1.807, 2.05) is 6.92 Å². The molecule has 1 spiro atoms. The number of rotatable bonds is 2. The van der Waals surface area contributed by atoms with Gasteiger partial charge in [-0.05, 0) is 57.9 Å². The van der Waals surface area contributed by atoms with Crippen molar-refractivity contribution in [2.45, 2.75) is 69.6 Å². The lowest BCUT2D eigenvalue weighted by molar-refractivity contribution is -0.129. The van der Waals surface area contributed by atoms with Gasteiger partial charge in [0.15, 0.2) is 0 Å². The smallest absolute Gasteiger partial charge is 0.115 e. The molecule has 1 saturated carbocycles. The Labute approximate surface area is 116 Å². The lowest BCUT2D eigenvalue weighted by Gasteiger charge is -2.46. The zero-order chi connectivity index (χ0) is 13.3. The maximum atomic E-state index is 15.4. The van der Waals surface area contributed by atoms with Crippen molar-refractivity contribution in [3.05, 3.63) is 0 Å². The van der Waals surface area contributed by atoms with Gasteiger partial charge < -0.3 is 10.1 Å². The van der Waals surface area contributed by atoms with Crippen molar-refractivity contribution in [2.24, 2.45) is 11.8 Å². The Kier molecular flexibility index (Phi) is 3.87. The molecule has 2 saturated heterocycles. The van der Waals surface area contributed by atoms with Gasteiger partial charge in [0, 0.05) is 19.1 Å². The Morgan fingerprint density at radius 3 is 2.63 bits per heavy atom. The van der Waals surface area contributed by atoms with E-state index < -0.39 is 5.67 Å². The third-order valence-electron chi connectivity index (χ3n) is 5.90. The van der Waals surface area contributed by atoms with Crippen LogP contribution in [0.25, 0.3) is 0 Å². The van der Waals surface area contributed by atoms with E-state index in [-0.39, 0.29) is 17.4 Å². The first-order chi connectivity index (χ1) is 9.12. The second-order valence-electron chi connectivity index (χ2n) is 7.12. The van der Waals surface area contributed by atoms with Crippen molar-refractivity contribution in [3.8, 4) is 0 Å². The molecule has 110 valence electrons. The predicted molar refractivity (Wildman–Crippen MR) is 75.0 cm³/mol. The molecule has 0 aromatic carbocycles. The summed E-state index contributed by atoms with van der Waals surface area (Å²) in [4.78, 5) is 0. The van der Waals surface area contributed by atoms with Crippen LogP contribution in [0.5, 0.6) is 0 Å². The van der Waals surface area contributed by atoms with E-state index in [0.717, 1.165) is 58.2 Å². The largest absolute Gasteiger partial charge is 0.375 e. The van der Waals surface area contributed by atoms with Crippen LogP contribution in [0.3, 0.4) is 0 Å². The molecule has 3 aliphatic rings. The summed E-state index contributed by atoms with van der Waals surface area (Å²) in [5.74, 6) is 0.395. The molecule has 3 unspecified atom stereocenters. The molecule has 0 radical (unpaired) electrons. The van der Waals surface area contributed by atoms with Crippen LogP contribution < -0.4 is 5.32 Å². The topological polar surface area (TPSA) is 21.3 Å². The van der Waals surface area contributed by atoms with Gasteiger partial charge in [-0.25, -0.2) is 4.39 Å². The van der Waals surface area contributed by atoms with Crippen LogP contribution >= 0.6 is 0 Å². The Morgan fingerprint density at radius 2 is 1.95 bits per heavy atom. The molecule has 2 aliphatic heterocycles. The highest BCUT2D eigenvalue weighted by molar-refractivity contribution is 4.99. The van der Waals surface area contributed by atoms with Crippen LogP contribution in [-0.2, 0) is 4.74 Å². The van der Waals surface area contributed by atoms with Crippen LogP contribution in [0.2, 0.25) is 0 Å². The van der Waals surface area contributed by atoms with Crippen molar-refractivity contribution in [3.63, 3.8) is 0 Å². The minimum Gasteiger partial charge on any atom is -0.375 e. The molecular weight excluding hydrogens is 241 g/mol. The normalized spacial score (nSPS) is 38.2. The third-order valence-corrected chi connectivity index (χ3v) is 5.90. The van der Waals surface area contributed by atoms with E-state index in [0.29, 0.717) is 0 Å². The quantitative estimate of drug-likeness (QED) is 0.829. The molecule has 19 heavy (non-hydrogen) atoms. The van der Waals surface area contributed by atoms with E-state index in [1.165, 1.54) is 12.8 Å². The molecule has 0 aromatic rings. The maximum Gasteiger partial charge on any atom is 0.115 e. The lowest BCUT2D eigenvalue weighted by Crippen LogP contribution is -2.50. The lowest BCUT2D eigenvalue weighted by atomic mass is 9.70. The summed E-state index contributed by atoms with van der Waals surface area (Å²) in [5, 5.41) is 3.37. The fourth-order valence-corrected chi connectivity index (χ4v) is 4.54. The first-order valence-corrected chi connectivity index (χ1v) is 8.16. The average molecular weight is 269 g/mol. The highest BCUT2D eigenvalue weighted by Gasteiger charge is 2.49. The van der Waals surface area contributed by atoms with Gasteiger partial charge in [0.25, 0.3) is 0 Å². The summed E-state index contributed by atoms with van der Waals surface area (Å²) >= 11 is 0. The minimum atomic E-state index is -1.02. The summed E-state index contributed by atoms with van der Waals surface area (Å²) in [6.07, 6.45) is 8.87. The SMILES string of the molecule is CC(F)(C1CCCNC1)C1CCOC2(CCCC2)C1. The summed E-state index contributed by atoms with van der Waals surface area (Å²) in [7, 11) is 0. The number of hydrogen-bond acceptors (Lipinski definition) is 2. The number of halogens is 1. The average Bonchev–Trinajstić information content (AvgIpc) is 2.88. The number of nitrogens with one attached hydrogen (secondary N) is 1. The Balaban J connectivity index is 1.69. The van der Waals surface area contributed by atoms with E-state index in [9.17, 15) is 0 Å². The van der Waals surface area contributed by atoms with Crippen molar-refractivity contribution in [2.75, 3.05) is 19.7 Å². The molecule has 2 heterocycles. The number of ether oxygens (including phenoxy) is 1. The molecule has 1 aliphatic carbocycles. The Bertz CT molecular complexity index is 306. The zero-order valence-electron chi connectivity index (χ0n) is 12.2. The zero-order valence-corrected chi connectivity index (χ0v) is 12.2. The van der Waals surface area contributed by atoms with Gasteiger partial charge in [0.05, 0.1) is 5.60 Å².